The highest BCUT2D eigenvalue weighted by molar-refractivity contribution is 6.03. The number of amidine groups is 1. The van der Waals surface area contributed by atoms with Crippen LogP contribution in [-0.2, 0) is 53.2 Å². The predicted octanol–water partition coefficient (Wildman–Crippen LogP) is 5.63. The van der Waals surface area contributed by atoms with E-state index in [1.165, 1.54) is 6.92 Å². The molecule has 3 aromatic rings. The van der Waals surface area contributed by atoms with Crippen LogP contribution in [0.25, 0.3) is 11.1 Å². The predicted molar refractivity (Wildman–Crippen MR) is 209 cm³/mol. The summed E-state index contributed by atoms with van der Waals surface area (Å²) in [7, 11) is 0. The fourth-order valence-corrected chi connectivity index (χ4v) is 5.68. The molecule has 0 spiro atoms. The lowest BCUT2D eigenvalue weighted by atomic mass is 9.97. The first kappa shape index (κ1) is 45.9. The zero-order valence-corrected chi connectivity index (χ0v) is 33.0. The number of nitrogens with zero attached hydrogens (tertiary/aromatic N) is 5. The number of hydrogen-bond acceptors (Lipinski definition) is 15. The minimum Gasteiger partial charge on any atom is -0.464 e. The lowest BCUT2D eigenvalue weighted by molar-refractivity contribution is -0.763. The molecule has 0 aliphatic rings. The Morgan fingerprint density at radius 3 is 2.12 bits per heavy atom. The lowest BCUT2D eigenvalue weighted by Gasteiger charge is -2.33. The Kier molecular flexibility index (Phi) is 18.6. The fraction of sp³-hybridized carbons (Fsp3) is 0.436. The smallest absolute Gasteiger partial charge is 0.464 e. The van der Waals surface area contributed by atoms with E-state index < -0.39 is 34.6 Å². The molecule has 0 saturated carbocycles. The molecule has 3 aromatic carbocycles. The fourth-order valence-electron chi connectivity index (χ4n) is 5.68. The molecule has 0 radical (unpaired) electrons. The number of unbranched alkanes of at least 4 members (excludes halogenated alkanes) is 2. The average molecular weight is 810 g/mol. The molecule has 3 rings (SSSR count). The Hall–Kier alpha value is -6.50. The zero-order chi connectivity index (χ0) is 42.6. The van der Waals surface area contributed by atoms with Gasteiger partial charge in [0, 0.05) is 18.5 Å². The standard InChI is InChI=1S/C39H51N7O12/c1-5-6-16-35(47)43(36(27(2)3)38(48)54-21-9-10-22-56-45(50)51)24-29-17-19-32(20-18-29)33-14-7-8-15-34(33)37(40)42-44(41)28(4)58-39(49)55-25-30-12-11-13-31(23-30)26-57-46(52)53/h7-8,11-15,17-20,23,27-28,36H,5-6,9-10,16,21-22,24-26,41H2,1-4H3,(H2,40,42). The number of nitrogens with two attached hydrogens (primary N) is 2. The Labute approximate surface area is 336 Å². The van der Waals surface area contributed by atoms with Gasteiger partial charge in [-0.2, -0.15) is 5.12 Å². The molecule has 58 heavy (non-hydrogen) atoms. The molecule has 0 aromatic heterocycles. The van der Waals surface area contributed by atoms with Crippen LogP contribution in [0.5, 0.6) is 0 Å². The van der Waals surface area contributed by atoms with Crippen LogP contribution in [0.2, 0.25) is 0 Å². The summed E-state index contributed by atoms with van der Waals surface area (Å²) in [6.45, 7) is 6.78. The van der Waals surface area contributed by atoms with Crippen molar-refractivity contribution in [3.8, 4) is 11.1 Å². The lowest BCUT2D eigenvalue weighted by Crippen LogP contribution is -2.48. The summed E-state index contributed by atoms with van der Waals surface area (Å²) in [5.74, 6) is 5.12. The van der Waals surface area contributed by atoms with Crippen LogP contribution >= 0.6 is 0 Å². The van der Waals surface area contributed by atoms with Gasteiger partial charge in [-0.05, 0) is 59.9 Å². The molecule has 4 N–H and O–H groups in total. The van der Waals surface area contributed by atoms with E-state index >= 15 is 0 Å². The van der Waals surface area contributed by atoms with E-state index in [4.69, 9.17) is 25.8 Å². The molecule has 314 valence electrons. The number of hydrazone groups is 1. The van der Waals surface area contributed by atoms with E-state index in [1.54, 1.807) is 41.3 Å². The number of carbonyl (C=O) groups is 3. The van der Waals surface area contributed by atoms with Crippen molar-refractivity contribution in [3.63, 3.8) is 0 Å². The van der Waals surface area contributed by atoms with E-state index in [2.05, 4.69) is 14.8 Å². The Morgan fingerprint density at radius 1 is 0.810 bits per heavy atom. The number of ether oxygens (including phenoxy) is 3. The Bertz CT molecular complexity index is 1860. The summed E-state index contributed by atoms with van der Waals surface area (Å²) in [4.78, 5) is 70.3. The van der Waals surface area contributed by atoms with E-state index in [0.717, 1.165) is 22.7 Å². The molecule has 0 heterocycles. The zero-order valence-electron chi connectivity index (χ0n) is 33.0. The van der Waals surface area contributed by atoms with E-state index in [-0.39, 0.29) is 57.1 Å². The molecular weight excluding hydrogens is 758 g/mol. The maximum Gasteiger partial charge on any atom is 0.510 e. The van der Waals surface area contributed by atoms with Gasteiger partial charge < -0.3 is 34.5 Å². The van der Waals surface area contributed by atoms with Crippen LogP contribution in [0, 0.1) is 26.1 Å². The maximum atomic E-state index is 13.5. The SMILES string of the molecule is CCCCC(=O)N(Cc1ccc(-c2ccccc2/C(N)=N/N(N)C(C)OC(=O)OCc2cccc(CO[N+](=O)[O-])c2)cc1)C(C(=O)OCCCCO[N+](=O)[O-])C(C)C. The van der Waals surface area contributed by atoms with E-state index in [9.17, 15) is 34.6 Å². The first-order valence-corrected chi connectivity index (χ1v) is 18.7. The van der Waals surface area contributed by atoms with Gasteiger partial charge >= 0.3 is 12.1 Å². The number of amides is 1. The third kappa shape index (κ3) is 15.2. The number of rotatable bonds is 24. The van der Waals surface area contributed by atoms with Crippen LogP contribution in [0.1, 0.15) is 82.1 Å². The summed E-state index contributed by atoms with van der Waals surface area (Å²) in [6, 6.07) is 20.3. The monoisotopic (exact) mass is 809 g/mol. The van der Waals surface area contributed by atoms with Gasteiger partial charge in [0.25, 0.3) is 10.2 Å². The van der Waals surface area contributed by atoms with Crippen molar-refractivity contribution in [2.24, 2.45) is 22.6 Å². The van der Waals surface area contributed by atoms with Gasteiger partial charge in [0.1, 0.15) is 19.3 Å². The van der Waals surface area contributed by atoms with Crippen LogP contribution in [0.4, 0.5) is 4.79 Å². The molecule has 2 atom stereocenters. The Balaban J connectivity index is 1.69. The minimum atomic E-state index is -1.09. The van der Waals surface area contributed by atoms with Gasteiger partial charge in [-0.25, -0.2) is 15.4 Å². The van der Waals surface area contributed by atoms with Gasteiger partial charge in [-0.1, -0.05) is 100.0 Å². The molecule has 2 unspecified atom stereocenters. The number of carbonyl (C=O) groups excluding carboxylic acids is 3. The second kappa shape index (κ2) is 23.5. The molecule has 0 fully saturated rings. The summed E-state index contributed by atoms with van der Waals surface area (Å²) >= 11 is 0. The van der Waals surface area contributed by atoms with Crippen molar-refractivity contribution in [2.45, 2.75) is 91.8 Å². The van der Waals surface area contributed by atoms with Crippen molar-refractivity contribution in [2.75, 3.05) is 13.2 Å². The Morgan fingerprint density at radius 2 is 1.47 bits per heavy atom. The van der Waals surface area contributed by atoms with Crippen molar-refractivity contribution < 1.29 is 48.4 Å². The highest BCUT2D eigenvalue weighted by Crippen LogP contribution is 2.26. The normalized spacial score (nSPS) is 12.2. The largest absolute Gasteiger partial charge is 0.510 e. The third-order valence-corrected chi connectivity index (χ3v) is 8.62. The molecule has 0 saturated heterocycles. The molecule has 1 amide bonds. The van der Waals surface area contributed by atoms with Gasteiger partial charge in [0.15, 0.2) is 5.84 Å². The number of hydrazine groups is 1. The van der Waals surface area contributed by atoms with Crippen LogP contribution in [-0.4, -0.2) is 69.5 Å². The molecule has 19 heteroatoms. The topological polar surface area (TPSA) is 255 Å². The maximum absolute atomic E-state index is 13.5. The van der Waals surface area contributed by atoms with Crippen molar-refractivity contribution in [3.05, 3.63) is 115 Å². The molecule has 19 nitrogen and oxygen atoms in total. The van der Waals surface area contributed by atoms with Crippen LogP contribution in [0.3, 0.4) is 0 Å². The van der Waals surface area contributed by atoms with Crippen LogP contribution in [0.15, 0.2) is 77.9 Å². The summed E-state index contributed by atoms with van der Waals surface area (Å²) < 4.78 is 15.9. The molecular formula is C39H51N7O12. The number of hydrogen-bond donors (Lipinski definition) is 2. The summed E-state index contributed by atoms with van der Waals surface area (Å²) in [5, 5.41) is 24.2. The van der Waals surface area contributed by atoms with Crippen LogP contribution < -0.4 is 11.6 Å². The number of esters is 1. The average Bonchev–Trinajstić information content (AvgIpc) is 3.19. The van der Waals surface area contributed by atoms with Gasteiger partial charge in [-0.3, -0.25) is 4.79 Å². The third-order valence-electron chi connectivity index (χ3n) is 8.62. The molecule has 0 aliphatic carbocycles. The van der Waals surface area contributed by atoms with Gasteiger partial charge in [0.05, 0.1) is 13.2 Å². The van der Waals surface area contributed by atoms with Gasteiger partial charge in [-0.15, -0.1) is 25.3 Å². The quantitative estimate of drug-likeness (QED) is 0.0162. The van der Waals surface area contributed by atoms with E-state index in [1.807, 2.05) is 57.2 Å². The summed E-state index contributed by atoms with van der Waals surface area (Å²) in [6.07, 6.45) is 0.276. The number of benzene rings is 3. The second-order valence-corrected chi connectivity index (χ2v) is 13.4. The second-order valence-electron chi connectivity index (χ2n) is 13.4. The summed E-state index contributed by atoms with van der Waals surface area (Å²) in [5.41, 5.74) is 10.3. The highest BCUT2D eigenvalue weighted by Gasteiger charge is 2.33. The van der Waals surface area contributed by atoms with Gasteiger partial charge in [0.2, 0.25) is 12.1 Å². The molecule has 0 aliphatic heterocycles. The van der Waals surface area contributed by atoms with E-state index in [0.29, 0.717) is 41.5 Å². The van der Waals surface area contributed by atoms with Crippen molar-refractivity contribution in [1.29, 1.82) is 0 Å². The molecule has 0 bridgehead atoms. The van der Waals surface area contributed by atoms with Crippen molar-refractivity contribution >= 4 is 23.9 Å². The first-order valence-electron chi connectivity index (χ1n) is 18.7. The first-order chi connectivity index (χ1) is 27.7. The highest BCUT2D eigenvalue weighted by atomic mass is 17.0. The minimum absolute atomic E-state index is 0.0241. The van der Waals surface area contributed by atoms with Crippen molar-refractivity contribution in [1.82, 2.24) is 10.0 Å².